The standard InChI is InChI=1S/C14H28N2O2/c1-6-12(7-2)16-9-8-11(10-16)15-13(17)18-14(3,4)5/h11-12H,6-10H2,1-5H3,(H,15,17)/t11-/m1/s1. The molecule has 1 rings (SSSR count). The predicted molar refractivity (Wildman–Crippen MR) is 73.7 cm³/mol. The molecule has 1 aliphatic rings. The van der Waals surface area contributed by atoms with Crippen LogP contribution in [0, 0.1) is 0 Å². The highest BCUT2D eigenvalue weighted by atomic mass is 16.6. The Morgan fingerprint density at radius 3 is 2.50 bits per heavy atom. The van der Waals surface area contributed by atoms with E-state index in [-0.39, 0.29) is 12.1 Å². The molecule has 1 atom stereocenters. The van der Waals surface area contributed by atoms with Crippen LogP contribution in [-0.2, 0) is 4.74 Å². The number of hydrogen-bond acceptors (Lipinski definition) is 3. The molecule has 4 heteroatoms. The van der Waals surface area contributed by atoms with Gasteiger partial charge >= 0.3 is 6.09 Å². The number of rotatable bonds is 4. The van der Waals surface area contributed by atoms with Crippen LogP contribution in [0.5, 0.6) is 0 Å². The summed E-state index contributed by atoms with van der Waals surface area (Å²) in [7, 11) is 0. The zero-order valence-corrected chi connectivity index (χ0v) is 12.5. The van der Waals surface area contributed by atoms with E-state index in [1.807, 2.05) is 20.8 Å². The molecule has 1 saturated heterocycles. The molecular weight excluding hydrogens is 228 g/mol. The highest BCUT2D eigenvalue weighted by molar-refractivity contribution is 5.68. The molecule has 0 aromatic heterocycles. The summed E-state index contributed by atoms with van der Waals surface area (Å²) < 4.78 is 5.28. The smallest absolute Gasteiger partial charge is 0.407 e. The molecule has 0 aromatic rings. The van der Waals surface area contributed by atoms with Gasteiger partial charge in [0.1, 0.15) is 5.60 Å². The van der Waals surface area contributed by atoms with Gasteiger partial charge in [0.2, 0.25) is 0 Å². The van der Waals surface area contributed by atoms with E-state index in [4.69, 9.17) is 4.74 Å². The third-order valence-electron chi connectivity index (χ3n) is 3.40. The Hall–Kier alpha value is -0.770. The monoisotopic (exact) mass is 256 g/mol. The first-order valence-electron chi connectivity index (χ1n) is 7.09. The Kier molecular flexibility index (Phi) is 5.45. The van der Waals surface area contributed by atoms with Crippen LogP contribution >= 0.6 is 0 Å². The van der Waals surface area contributed by atoms with Crippen molar-refractivity contribution in [3.05, 3.63) is 0 Å². The summed E-state index contributed by atoms with van der Waals surface area (Å²) in [6.45, 7) is 12.1. The number of nitrogens with zero attached hydrogens (tertiary/aromatic N) is 1. The third kappa shape index (κ3) is 4.84. The van der Waals surface area contributed by atoms with E-state index in [0.717, 1.165) is 19.5 Å². The Morgan fingerprint density at radius 2 is 2.00 bits per heavy atom. The van der Waals surface area contributed by atoms with Crippen molar-refractivity contribution < 1.29 is 9.53 Å². The van der Waals surface area contributed by atoms with Gasteiger partial charge in [-0.3, -0.25) is 4.90 Å². The van der Waals surface area contributed by atoms with Gasteiger partial charge < -0.3 is 10.1 Å². The lowest BCUT2D eigenvalue weighted by Gasteiger charge is -2.26. The second-order valence-electron chi connectivity index (χ2n) is 6.10. The minimum Gasteiger partial charge on any atom is -0.444 e. The van der Waals surface area contributed by atoms with Gasteiger partial charge in [-0.25, -0.2) is 4.79 Å². The fourth-order valence-corrected chi connectivity index (χ4v) is 2.52. The number of hydrogen-bond donors (Lipinski definition) is 1. The second-order valence-corrected chi connectivity index (χ2v) is 6.10. The van der Waals surface area contributed by atoms with Gasteiger partial charge in [0.25, 0.3) is 0 Å². The Balaban J connectivity index is 2.36. The average molecular weight is 256 g/mol. The minimum absolute atomic E-state index is 0.237. The van der Waals surface area contributed by atoms with Crippen molar-refractivity contribution in [1.82, 2.24) is 10.2 Å². The molecule has 0 saturated carbocycles. The van der Waals surface area contributed by atoms with Crippen molar-refractivity contribution in [3.8, 4) is 0 Å². The van der Waals surface area contributed by atoms with E-state index >= 15 is 0 Å². The molecule has 106 valence electrons. The van der Waals surface area contributed by atoms with Crippen molar-refractivity contribution in [3.63, 3.8) is 0 Å². The van der Waals surface area contributed by atoms with Crippen LogP contribution < -0.4 is 5.32 Å². The third-order valence-corrected chi connectivity index (χ3v) is 3.40. The van der Waals surface area contributed by atoms with E-state index < -0.39 is 5.60 Å². The van der Waals surface area contributed by atoms with Gasteiger partial charge in [0.15, 0.2) is 0 Å². The van der Waals surface area contributed by atoms with Crippen molar-refractivity contribution in [2.75, 3.05) is 13.1 Å². The molecule has 0 radical (unpaired) electrons. The summed E-state index contributed by atoms with van der Waals surface area (Å²) in [5, 5.41) is 2.97. The molecule has 18 heavy (non-hydrogen) atoms. The first-order chi connectivity index (χ1) is 8.35. The van der Waals surface area contributed by atoms with Gasteiger partial charge in [-0.2, -0.15) is 0 Å². The molecule has 4 nitrogen and oxygen atoms in total. The lowest BCUT2D eigenvalue weighted by atomic mass is 10.1. The van der Waals surface area contributed by atoms with Crippen LogP contribution in [0.1, 0.15) is 53.9 Å². The van der Waals surface area contributed by atoms with E-state index in [9.17, 15) is 4.79 Å². The van der Waals surface area contributed by atoms with Gasteiger partial charge in [-0.1, -0.05) is 13.8 Å². The number of ether oxygens (including phenoxy) is 1. The van der Waals surface area contributed by atoms with E-state index in [0.29, 0.717) is 6.04 Å². The summed E-state index contributed by atoms with van der Waals surface area (Å²) in [5.74, 6) is 0. The Bertz CT molecular complexity index is 269. The molecule has 0 unspecified atom stereocenters. The molecule has 0 aliphatic carbocycles. The van der Waals surface area contributed by atoms with Gasteiger partial charge in [-0.05, 0) is 40.0 Å². The topological polar surface area (TPSA) is 41.6 Å². The zero-order chi connectivity index (χ0) is 13.8. The summed E-state index contributed by atoms with van der Waals surface area (Å²) in [6, 6.07) is 0.885. The molecule has 1 aliphatic heterocycles. The largest absolute Gasteiger partial charge is 0.444 e. The van der Waals surface area contributed by atoms with Crippen LogP contribution in [0.2, 0.25) is 0 Å². The van der Waals surface area contributed by atoms with Gasteiger partial charge in [0.05, 0.1) is 0 Å². The number of alkyl carbamates (subject to hydrolysis) is 1. The first kappa shape index (κ1) is 15.3. The van der Waals surface area contributed by atoms with E-state index in [2.05, 4.69) is 24.1 Å². The number of carbonyl (C=O) groups excluding carboxylic acids is 1. The number of amides is 1. The fraction of sp³-hybridized carbons (Fsp3) is 0.929. The Labute approximate surface area is 111 Å². The molecule has 0 bridgehead atoms. The van der Waals surface area contributed by atoms with Crippen molar-refractivity contribution in [2.45, 2.75) is 71.6 Å². The van der Waals surface area contributed by atoms with Crippen molar-refractivity contribution in [1.29, 1.82) is 0 Å². The molecule has 1 fully saturated rings. The quantitative estimate of drug-likeness (QED) is 0.841. The molecular formula is C14H28N2O2. The molecule has 1 N–H and O–H groups in total. The lowest BCUT2D eigenvalue weighted by molar-refractivity contribution is 0.0504. The van der Waals surface area contributed by atoms with E-state index in [1.54, 1.807) is 0 Å². The molecule has 1 amide bonds. The van der Waals surface area contributed by atoms with Crippen LogP contribution in [0.15, 0.2) is 0 Å². The van der Waals surface area contributed by atoms with Crippen molar-refractivity contribution in [2.24, 2.45) is 0 Å². The second kappa shape index (κ2) is 6.41. The summed E-state index contributed by atoms with van der Waals surface area (Å²) in [5.41, 5.74) is -0.419. The maximum Gasteiger partial charge on any atom is 0.407 e. The summed E-state index contributed by atoms with van der Waals surface area (Å²) in [4.78, 5) is 14.2. The summed E-state index contributed by atoms with van der Waals surface area (Å²) in [6.07, 6.45) is 3.08. The van der Waals surface area contributed by atoms with Crippen molar-refractivity contribution >= 4 is 6.09 Å². The maximum atomic E-state index is 11.7. The first-order valence-corrected chi connectivity index (χ1v) is 7.09. The number of likely N-dealkylation sites (tertiary alicyclic amines) is 1. The lowest BCUT2D eigenvalue weighted by Crippen LogP contribution is -2.41. The molecule has 1 heterocycles. The van der Waals surface area contributed by atoms with Crippen LogP contribution in [0.3, 0.4) is 0 Å². The summed E-state index contributed by atoms with van der Waals surface area (Å²) >= 11 is 0. The number of nitrogens with one attached hydrogen (secondary N) is 1. The van der Waals surface area contributed by atoms with Crippen LogP contribution in [0.4, 0.5) is 4.79 Å². The highest BCUT2D eigenvalue weighted by Crippen LogP contribution is 2.17. The maximum absolute atomic E-state index is 11.7. The minimum atomic E-state index is -0.419. The van der Waals surface area contributed by atoms with Crippen LogP contribution in [0.25, 0.3) is 0 Å². The van der Waals surface area contributed by atoms with Gasteiger partial charge in [0, 0.05) is 25.2 Å². The number of carbonyl (C=O) groups is 1. The predicted octanol–water partition coefficient (Wildman–Crippen LogP) is 2.77. The molecule has 0 aromatic carbocycles. The normalized spacial score (nSPS) is 21.3. The van der Waals surface area contributed by atoms with Gasteiger partial charge in [-0.15, -0.1) is 0 Å². The Morgan fingerprint density at radius 1 is 1.39 bits per heavy atom. The fourth-order valence-electron chi connectivity index (χ4n) is 2.52. The van der Waals surface area contributed by atoms with Crippen LogP contribution in [-0.4, -0.2) is 41.8 Å². The SMILES string of the molecule is CCC(CC)N1CC[C@@H](NC(=O)OC(C)(C)C)C1. The highest BCUT2D eigenvalue weighted by Gasteiger charge is 2.28. The zero-order valence-electron chi connectivity index (χ0n) is 12.5. The molecule has 0 spiro atoms. The van der Waals surface area contributed by atoms with E-state index in [1.165, 1.54) is 12.8 Å². The average Bonchev–Trinajstić information content (AvgIpc) is 2.65.